The quantitative estimate of drug-likeness (QED) is 0.713. The average molecular weight is 399 g/mol. The first-order chi connectivity index (χ1) is 13.8. The van der Waals surface area contributed by atoms with Crippen LogP contribution in [0.2, 0.25) is 0 Å². The normalized spacial score (nSPS) is 11.5. The van der Waals surface area contributed by atoms with Crippen molar-refractivity contribution >= 4 is 23.5 Å². The minimum atomic E-state index is -0.807. The van der Waals surface area contributed by atoms with Crippen LogP contribution in [0, 0.1) is 0 Å². The standard InChI is InChI=1S/C22H25NO6/c1-13(2)18-8-6-7-9-19(18)29-14(3)20(24)23-17-11-15(21(25)27-4)10-16(12-17)22(26)28-5/h6-14H,1-5H3,(H,23,24). The molecule has 0 aromatic heterocycles. The highest BCUT2D eigenvalue weighted by Crippen LogP contribution is 2.27. The summed E-state index contributed by atoms with van der Waals surface area (Å²) in [6.45, 7) is 5.71. The van der Waals surface area contributed by atoms with Crippen LogP contribution in [-0.2, 0) is 14.3 Å². The van der Waals surface area contributed by atoms with Gasteiger partial charge in [-0.25, -0.2) is 9.59 Å². The molecule has 2 aromatic rings. The van der Waals surface area contributed by atoms with Crippen molar-refractivity contribution in [3.8, 4) is 5.75 Å². The van der Waals surface area contributed by atoms with Gasteiger partial charge >= 0.3 is 11.9 Å². The van der Waals surface area contributed by atoms with E-state index in [1.165, 1.54) is 32.4 Å². The van der Waals surface area contributed by atoms with Crippen LogP contribution in [0.15, 0.2) is 42.5 Å². The fourth-order valence-electron chi connectivity index (χ4n) is 2.72. The van der Waals surface area contributed by atoms with Gasteiger partial charge in [0.25, 0.3) is 5.91 Å². The molecule has 0 saturated carbocycles. The van der Waals surface area contributed by atoms with Gasteiger partial charge in [0, 0.05) is 5.69 Å². The van der Waals surface area contributed by atoms with Crippen molar-refractivity contribution in [2.24, 2.45) is 0 Å². The van der Waals surface area contributed by atoms with Crippen molar-refractivity contribution in [1.29, 1.82) is 0 Å². The van der Waals surface area contributed by atoms with Crippen LogP contribution < -0.4 is 10.1 Å². The van der Waals surface area contributed by atoms with Gasteiger partial charge < -0.3 is 19.5 Å². The first-order valence-corrected chi connectivity index (χ1v) is 9.15. The lowest BCUT2D eigenvalue weighted by Gasteiger charge is -2.19. The topological polar surface area (TPSA) is 90.9 Å². The number of rotatable bonds is 7. The van der Waals surface area contributed by atoms with Gasteiger partial charge in [-0.2, -0.15) is 0 Å². The smallest absolute Gasteiger partial charge is 0.337 e. The molecule has 1 atom stereocenters. The van der Waals surface area contributed by atoms with Crippen molar-refractivity contribution in [2.75, 3.05) is 19.5 Å². The number of benzene rings is 2. The lowest BCUT2D eigenvalue weighted by molar-refractivity contribution is -0.122. The zero-order valence-electron chi connectivity index (χ0n) is 17.1. The molecule has 2 aromatic carbocycles. The molecule has 1 unspecified atom stereocenters. The van der Waals surface area contributed by atoms with Gasteiger partial charge in [-0.3, -0.25) is 4.79 Å². The Morgan fingerprint density at radius 1 is 0.862 bits per heavy atom. The summed E-state index contributed by atoms with van der Waals surface area (Å²) in [5.74, 6) is -0.839. The monoisotopic (exact) mass is 399 g/mol. The largest absolute Gasteiger partial charge is 0.481 e. The van der Waals surface area contributed by atoms with E-state index in [0.29, 0.717) is 5.75 Å². The summed E-state index contributed by atoms with van der Waals surface area (Å²) in [6.07, 6.45) is -0.807. The summed E-state index contributed by atoms with van der Waals surface area (Å²) in [5, 5.41) is 2.67. The number of hydrogen-bond acceptors (Lipinski definition) is 6. The van der Waals surface area contributed by atoms with E-state index in [2.05, 4.69) is 5.32 Å². The summed E-state index contributed by atoms with van der Waals surface area (Å²) in [6, 6.07) is 11.7. The molecule has 154 valence electrons. The number of anilines is 1. The Balaban J connectivity index is 2.23. The number of ether oxygens (including phenoxy) is 3. The highest BCUT2D eigenvalue weighted by atomic mass is 16.5. The average Bonchev–Trinajstić information content (AvgIpc) is 2.72. The molecule has 29 heavy (non-hydrogen) atoms. The van der Waals surface area contributed by atoms with Gasteiger partial charge in [-0.1, -0.05) is 32.0 Å². The SMILES string of the molecule is COC(=O)c1cc(NC(=O)C(C)Oc2ccccc2C(C)C)cc(C(=O)OC)c1. The lowest BCUT2D eigenvalue weighted by atomic mass is 10.0. The lowest BCUT2D eigenvalue weighted by Crippen LogP contribution is -2.30. The third-order valence-electron chi connectivity index (χ3n) is 4.26. The molecular formula is C22H25NO6. The van der Waals surface area contributed by atoms with Gasteiger partial charge in [-0.15, -0.1) is 0 Å². The minimum absolute atomic E-state index is 0.115. The first-order valence-electron chi connectivity index (χ1n) is 9.15. The fourth-order valence-corrected chi connectivity index (χ4v) is 2.72. The van der Waals surface area contributed by atoms with E-state index in [1.54, 1.807) is 6.92 Å². The molecule has 0 saturated heterocycles. The number of esters is 2. The molecule has 7 heteroatoms. The van der Waals surface area contributed by atoms with Crippen LogP contribution >= 0.6 is 0 Å². The van der Waals surface area contributed by atoms with Crippen molar-refractivity contribution in [3.05, 3.63) is 59.2 Å². The Bertz CT molecular complexity index is 872. The van der Waals surface area contributed by atoms with Crippen LogP contribution in [0.25, 0.3) is 0 Å². The number of nitrogens with one attached hydrogen (secondary N) is 1. The number of carbonyl (C=O) groups is 3. The third-order valence-corrected chi connectivity index (χ3v) is 4.26. The molecule has 1 N–H and O–H groups in total. The first kappa shape index (κ1) is 21.9. The number of hydrogen-bond donors (Lipinski definition) is 1. The van der Waals surface area contributed by atoms with Gasteiger partial charge in [0.15, 0.2) is 6.10 Å². The molecule has 0 heterocycles. The number of para-hydroxylation sites is 1. The summed E-state index contributed by atoms with van der Waals surface area (Å²) >= 11 is 0. The Morgan fingerprint density at radius 3 is 1.93 bits per heavy atom. The van der Waals surface area contributed by atoms with Crippen LogP contribution in [0.4, 0.5) is 5.69 Å². The highest BCUT2D eigenvalue weighted by Gasteiger charge is 2.20. The molecule has 0 fully saturated rings. The van der Waals surface area contributed by atoms with Crippen LogP contribution in [0.1, 0.15) is 53.0 Å². The molecule has 1 amide bonds. The molecular weight excluding hydrogens is 374 g/mol. The van der Waals surface area contributed by atoms with E-state index in [9.17, 15) is 14.4 Å². The second-order valence-corrected chi connectivity index (χ2v) is 6.72. The number of amides is 1. The maximum atomic E-state index is 12.6. The van der Waals surface area contributed by atoms with Crippen LogP contribution in [0.3, 0.4) is 0 Å². The maximum absolute atomic E-state index is 12.6. The fraction of sp³-hybridized carbons (Fsp3) is 0.318. The van der Waals surface area contributed by atoms with Crippen molar-refractivity contribution in [3.63, 3.8) is 0 Å². The molecule has 0 spiro atoms. The summed E-state index contributed by atoms with van der Waals surface area (Å²) in [5.41, 5.74) is 1.48. The molecule has 7 nitrogen and oxygen atoms in total. The summed E-state index contributed by atoms with van der Waals surface area (Å²) in [7, 11) is 2.46. The van der Waals surface area contributed by atoms with Crippen LogP contribution in [-0.4, -0.2) is 38.2 Å². The van der Waals surface area contributed by atoms with Crippen LogP contribution in [0.5, 0.6) is 5.75 Å². The molecule has 0 radical (unpaired) electrons. The van der Waals surface area contributed by atoms with Crippen molar-refractivity contribution in [1.82, 2.24) is 0 Å². The van der Waals surface area contributed by atoms with E-state index in [4.69, 9.17) is 14.2 Å². The molecule has 0 bridgehead atoms. The zero-order valence-corrected chi connectivity index (χ0v) is 17.1. The Hall–Kier alpha value is -3.35. The second kappa shape index (κ2) is 9.73. The van der Waals surface area contributed by atoms with E-state index < -0.39 is 23.9 Å². The summed E-state index contributed by atoms with van der Waals surface area (Å²) < 4.78 is 15.2. The predicted molar refractivity (Wildman–Crippen MR) is 108 cm³/mol. The van der Waals surface area contributed by atoms with Crippen molar-refractivity contribution < 1.29 is 28.6 Å². The van der Waals surface area contributed by atoms with E-state index in [0.717, 1.165) is 5.56 Å². The van der Waals surface area contributed by atoms with Gasteiger partial charge in [0.1, 0.15) is 5.75 Å². The van der Waals surface area contributed by atoms with Gasteiger partial charge in [0.05, 0.1) is 25.3 Å². The molecule has 0 aliphatic heterocycles. The molecule has 2 rings (SSSR count). The second-order valence-electron chi connectivity index (χ2n) is 6.72. The van der Waals surface area contributed by atoms with E-state index in [-0.39, 0.29) is 22.7 Å². The highest BCUT2D eigenvalue weighted by molar-refractivity contribution is 6.00. The van der Waals surface area contributed by atoms with Crippen molar-refractivity contribution in [2.45, 2.75) is 32.8 Å². The molecule has 0 aliphatic carbocycles. The minimum Gasteiger partial charge on any atom is -0.481 e. The maximum Gasteiger partial charge on any atom is 0.337 e. The zero-order chi connectivity index (χ0) is 21.6. The Morgan fingerprint density at radius 2 is 1.41 bits per heavy atom. The summed E-state index contributed by atoms with van der Waals surface area (Å²) in [4.78, 5) is 36.4. The van der Waals surface area contributed by atoms with Gasteiger partial charge in [0.2, 0.25) is 0 Å². The predicted octanol–water partition coefficient (Wildman–Crippen LogP) is 3.79. The third kappa shape index (κ3) is 5.57. The Kier molecular flexibility index (Phi) is 7.36. The Labute approximate surface area is 170 Å². The number of methoxy groups -OCH3 is 2. The molecule has 0 aliphatic rings. The van der Waals surface area contributed by atoms with E-state index >= 15 is 0 Å². The van der Waals surface area contributed by atoms with E-state index in [1.807, 2.05) is 38.1 Å². The number of carbonyl (C=O) groups excluding carboxylic acids is 3. The van der Waals surface area contributed by atoms with Gasteiger partial charge in [-0.05, 0) is 42.7 Å².